The monoisotopic (exact) mass is 494 g/mol. The van der Waals surface area contributed by atoms with E-state index in [0.29, 0.717) is 18.9 Å². The summed E-state index contributed by atoms with van der Waals surface area (Å²) in [5, 5.41) is 2.07. The Morgan fingerprint density at radius 1 is 1.09 bits per heavy atom. The summed E-state index contributed by atoms with van der Waals surface area (Å²) in [6, 6.07) is 7.88. The van der Waals surface area contributed by atoms with Crippen LogP contribution in [0.4, 0.5) is 4.79 Å². The van der Waals surface area contributed by atoms with Crippen LogP contribution in [0.3, 0.4) is 0 Å². The van der Waals surface area contributed by atoms with Crippen molar-refractivity contribution in [3.05, 3.63) is 47.3 Å². The summed E-state index contributed by atoms with van der Waals surface area (Å²) in [5.41, 5.74) is 5.63. The molecule has 8 nitrogen and oxygen atoms in total. The van der Waals surface area contributed by atoms with Gasteiger partial charge in [0.05, 0.1) is 46.3 Å². The zero-order valence-electron chi connectivity index (χ0n) is 21.1. The summed E-state index contributed by atoms with van der Waals surface area (Å²) in [5.74, 6) is 0.552. The Balaban J connectivity index is 1.71. The quantitative estimate of drug-likeness (QED) is 0.294. The molecular weight excluding hydrogens is 464 g/mol. The van der Waals surface area contributed by atoms with Gasteiger partial charge in [0.1, 0.15) is 10.6 Å². The highest BCUT2D eigenvalue weighted by molar-refractivity contribution is 7.21. The van der Waals surface area contributed by atoms with E-state index in [4.69, 9.17) is 24.3 Å². The molecule has 4 aromatic rings. The van der Waals surface area contributed by atoms with Gasteiger partial charge in [0.2, 0.25) is 0 Å². The average molecular weight is 495 g/mol. The van der Waals surface area contributed by atoms with Gasteiger partial charge in [-0.05, 0) is 70.9 Å². The van der Waals surface area contributed by atoms with Crippen LogP contribution in [0, 0.1) is 13.8 Å². The second-order valence-electron chi connectivity index (χ2n) is 9.35. The lowest BCUT2D eigenvalue weighted by Gasteiger charge is -2.26. The van der Waals surface area contributed by atoms with Crippen molar-refractivity contribution in [1.82, 2.24) is 20.0 Å². The van der Waals surface area contributed by atoms with Crippen LogP contribution >= 0.6 is 11.3 Å². The summed E-state index contributed by atoms with van der Waals surface area (Å²) < 4.78 is 11.6. The molecule has 0 aliphatic rings. The third kappa shape index (κ3) is 5.52. The second-order valence-corrected chi connectivity index (χ2v) is 10.4. The minimum absolute atomic E-state index is 0.346. The van der Waals surface area contributed by atoms with E-state index in [-0.39, 0.29) is 0 Å². The maximum Gasteiger partial charge on any atom is 0.443 e. The van der Waals surface area contributed by atoms with E-state index >= 15 is 0 Å². The number of hydrogen-bond donors (Lipinski definition) is 0. The third-order valence-electron chi connectivity index (χ3n) is 5.12. The number of carbonyl (C=O) groups is 1. The van der Waals surface area contributed by atoms with Gasteiger partial charge in [-0.3, -0.25) is 4.98 Å². The molecule has 0 N–H and O–H groups in total. The molecule has 0 unspecified atom stereocenters. The fraction of sp³-hybridized carbons (Fsp3) is 0.385. The molecule has 0 bridgehead atoms. The minimum atomic E-state index is -0.607. The molecule has 0 fully saturated rings. The molecule has 9 heteroatoms. The summed E-state index contributed by atoms with van der Waals surface area (Å²) >= 11 is 1.55. The van der Waals surface area contributed by atoms with E-state index in [1.54, 1.807) is 24.6 Å². The van der Waals surface area contributed by atoms with Crippen molar-refractivity contribution in [3.8, 4) is 16.3 Å². The van der Waals surface area contributed by atoms with Crippen molar-refractivity contribution in [2.75, 3.05) is 13.7 Å². The second kappa shape index (κ2) is 9.75. The smallest absolute Gasteiger partial charge is 0.442 e. The van der Waals surface area contributed by atoms with Gasteiger partial charge in [-0.1, -0.05) is 0 Å². The van der Waals surface area contributed by atoms with Gasteiger partial charge >= 0.3 is 6.09 Å². The Bertz CT molecular complexity index is 1390. The van der Waals surface area contributed by atoms with Crippen molar-refractivity contribution >= 4 is 38.7 Å². The summed E-state index contributed by atoms with van der Waals surface area (Å²) in [6.07, 6.45) is 1.21. The van der Waals surface area contributed by atoms with Crippen LogP contribution in [0.2, 0.25) is 0 Å². The molecule has 1 amide bonds. The number of hydrogen-bond acceptors (Lipinski definition) is 8. The zero-order chi connectivity index (χ0) is 25.3. The number of thiazole rings is 1. The SMILES string of the molecule is CCN(Oc1cc(C)c2nc(-c3cc(C)cc4nc(COC)cnc34)sc2c1)C(=O)OC(C)(C)C. The first-order chi connectivity index (χ1) is 16.6. The summed E-state index contributed by atoms with van der Waals surface area (Å²) in [4.78, 5) is 32.7. The molecule has 35 heavy (non-hydrogen) atoms. The standard InChI is InChI=1S/C26H30N4O4S/c1-8-30(25(31)33-26(4,5)6)34-18-11-16(3)22-21(12-18)35-24(29-22)19-9-15(2)10-20-23(19)27-13-17(28-20)14-32-7/h9-13H,8,14H2,1-7H3. The minimum Gasteiger partial charge on any atom is -0.442 e. The Hall–Kier alpha value is -3.30. The topological polar surface area (TPSA) is 86.7 Å². The van der Waals surface area contributed by atoms with Crippen molar-refractivity contribution in [3.63, 3.8) is 0 Å². The molecule has 0 saturated carbocycles. The van der Waals surface area contributed by atoms with E-state index in [2.05, 4.69) is 11.1 Å². The summed E-state index contributed by atoms with van der Waals surface area (Å²) in [7, 11) is 1.64. The number of benzene rings is 2. The zero-order valence-corrected chi connectivity index (χ0v) is 21.9. The number of nitrogens with zero attached hydrogens (tertiary/aromatic N) is 4. The van der Waals surface area contributed by atoms with Crippen molar-refractivity contribution in [2.24, 2.45) is 0 Å². The number of rotatable bonds is 6. The number of aryl methyl sites for hydroxylation is 2. The van der Waals surface area contributed by atoms with Crippen molar-refractivity contribution in [1.29, 1.82) is 0 Å². The molecule has 0 aliphatic heterocycles. The van der Waals surface area contributed by atoms with Gasteiger partial charge < -0.3 is 14.3 Å². The van der Waals surface area contributed by atoms with Gasteiger partial charge in [-0.15, -0.1) is 16.4 Å². The molecule has 0 spiro atoms. The van der Waals surface area contributed by atoms with E-state index in [1.807, 2.05) is 59.7 Å². The van der Waals surface area contributed by atoms with E-state index in [9.17, 15) is 4.79 Å². The number of ether oxygens (including phenoxy) is 2. The number of amides is 1. The Kier molecular flexibility index (Phi) is 6.91. The largest absolute Gasteiger partial charge is 0.443 e. The normalized spacial score (nSPS) is 11.7. The molecule has 0 saturated heterocycles. The summed E-state index contributed by atoms with van der Waals surface area (Å²) in [6.45, 7) is 12.1. The molecule has 2 aromatic heterocycles. The molecule has 0 aliphatic carbocycles. The third-order valence-corrected chi connectivity index (χ3v) is 6.16. The fourth-order valence-corrected chi connectivity index (χ4v) is 4.78. The van der Waals surface area contributed by atoms with Crippen LogP contribution in [-0.2, 0) is 16.1 Å². The van der Waals surface area contributed by atoms with Crippen molar-refractivity contribution < 1.29 is 19.1 Å². The number of hydroxylamine groups is 2. The van der Waals surface area contributed by atoms with Gasteiger partial charge in [-0.25, -0.2) is 14.8 Å². The van der Waals surface area contributed by atoms with Crippen LogP contribution in [0.25, 0.3) is 31.8 Å². The number of methoxy groups -OCH3 is 1. The first-order valence-corrected chi connectivity index (χ1v) is 12.2. The molecular formula is C26H30N4O4S. The van der Waals surface area contributed by atoms with Crippen LogP contribution in [0.15, 0.2) is 30.5 Å². The van der Waals surface area contributed by atoms with E-state index in [0.717, 1.165) is 48.6 Å². The first kappa shape index (κ1) is 24.8. The highest BCUT2D eigenvalue weighted by atomic mass is 32.1. The average Bonchev–Trinajstić information content (AvgIpc) is 3.20. The lowest BCUT2D eigenvalue weighted by molar-refractivity contribution is -0.0693. The van der Waals surface area contributed by atoms with Gasteiger partial charge in [0.15, 0.2) is 5.75 Å². The first-order valence-electron chi connectivity index (χ1n) is 11.4. The lowest BCUT2D eigenvalue weighted by atomic mass is 10.1. The van der Waals surface area contributed by atoms with Crippen LogP contribution in [0.1, 0.15) is 44.5 Å². The van der Waals surface area contributed by atoms with Crippen LogP contribution < -0.4 is 4.84 Å². The van der Waals surface area contributed by atoms with Crippen LogP contribution in [0.5, 0.6) is 5.75 Å². The molecule has 2 aromatic carbocycles. The maximum atomic E-state index is 12.5. The Labute approximate surface area is 208 Å². The lowest BCUT2D eigenvalue weighted by Crippen LogP contribution is -2.38. The van der Waals surface area contributed by atoms with E-state index < -0.39 is 11.7 Å². The van der Waals surface area contributed by atoms with Gasteiger partial charge in [0.25, 0.3) is 0 Å². The van der Waals surface area contributed by atoms with Gasteiger partial charge in [-0.2, -0.15) is 0 Å². The Morgan fingerprint density at radius 2 is 1.86 bits per heavy atom. The van der Waals surface area contributed by atoms with E-state index in [1.165, 1.54) is 5.06 Å². The predicted molar refractivity (Wildman–Crippen MR) is 138 cm³/mol. The maximum absolute atomic E-state index is 12.5. The van der Waals surface area contributed by atoms with Crippen LogP contribution in [-0.4, -0.2) is 45.4 Å². The molecule has 2 heterocycles. The highest BCUT2D eigenvalue weighted by Crippen LogP contribution is 2.37. The predicted octanol–water partition coefficient (Wildman–Crippen LogP) is 6.22. The van der Waals surface area contributed by atoms with Crippen molar-refractivity contribution in [2.45, 2.75) is 53.8 Å². The molecule has 0 atom stereocenters. The Morgan fingerprint density at radius 3 is 2.54 bits per heavy atom. The highest BCUT2D eigenvalue weighted by Gasteiger charge is 2.23. The number of carbonyl (C=O) groups excluding carboxylic acids is 1. The van der Waals surface area contributed by atoms with Gasteiger partial charge in [0, 0.05) is 18.7 Å². The number of aromatic nitrogens is 3. The fourth-order valence-electron chi connectivity index (χ4n) is 3.69. The molecule has 4 rings (SSSR count). The molecule has 0 radical (unpaired) electrons. The number of fused-ring (bicyclic) bond motifs is 2. The molecule has 184 valence electrons.